The van der Waals surface area contributed by atoms with E-state index in [0.717, 1.165) is 6.42 Å². The fourth-order valence-corrected chi connectivity index (χ4v) is 0.583. The van der Waals surface area contributed by atoms with Crippen molar-refractivity contribution in [2.75, 3.05) is 6.61 Å². The zero-order valence-corrected chi connectivity index (χ0v) is 7.43. The van der Waals surface area contributed by atoms with Crippen LogP contribution in [0.25, 0.3) is 0 Å². The van der Waals surface area contributed by atoms with Gasteiger partial charge < -0.3 is 5.11 Å². The average molecular weight is 162 g/mol. The Morgan fingerprint density at radius 2 is 1.83 bits per heavy atom. The Morgan fingerprint density at radius 3 is 2.50 bits per heavy atom. The van der Waals surface area contributed by atoms with Gasteiger partial charge in [0.15, 0.2) is 0 Å². The van der Waals surface area contributed by atoms with Crippen molar-refractivity contribution in [2.24, 2.45) is 0 Å². The molecule has 1 heteroatoms. The van der Waals surface area contributed by atoms with Crippen molar-refractivity contribution in [3.05, 3.63) is 12.2 Å². The van der Waals surface area contributed by atoms with Gasteiger partial charge in [0.2, 0.25) is 0 Å². The Balaban J connectivity index is 3.41. The Hall–Kier alpha value is -1.18. The standard InChI is InChI=1S/C11H14O/c1-2-3-4-5-6-7-8-9-10-11-12/h9-10,12H,2,5,8,11H2,1H3/b10-9+. The van der Waals surface area contributed by atoms with Gasteiger partial charge in [0.05, 0.1) is 13.0 Å². The number of aliphatic hydroxyl groups excluding tert-OH is 1. The summed E-state index contributed by atoms with van der Waals surface area (Å²) in [6.07, 6.45) is 5.79. The van der Waals surface area contributed by atoms with Crippen molar-refractivity contribution in [3.8, 4) is 23.7 Å². The minimum atomic E-state index is 0.0946. The van der Waals surface area contributed by atoms with Crippen molar-refractivity contribution in [1.82, 2.24) is 0 Å². The van der Waals surface area contributed by atoms with Crippen LogP contribution < -0.4 is 0 Å². The van der Waals surface area contributed by atoms with E-state index in [0.29, 0.717) is 12.8 Å². The summed E-state index contributed by atoms with van der Waals surface area (Å²) in [5.41, 5.74) is 0. The molecular weight excluding hydrogens is 148 g/mol. The zero-order valence-electron chi connectivity index (χ0n) is 7.43. The third-order valence-corrected chi connectivity index (χ3v) is 1.10. The summed E-state index contributed by atoms with van der Waals surface area (Å²) in [5.74, 6) is 11.7. The van der Waals surface area contributed by atoms with Gasteiger partial charge in [-0.2, -0.15) is 0 Å². The molecule has 0 spiro atoms. The monoisotopic (exact) mass is 162 g/mol. The SMILES string of the molecule is CCC#CCC#CC/C=C/CO. The molecule has 0 fully saturated rings. The highest BCUT2D eigenvalue weighted by atomic mass is 16.2. The molecule has 0 bridgehead atoms. The zero-order chi connectivity index (χ0) is 9.07. The summed E-state index contributed by atoms with van der Waals surface area (Å²) in [5, 5.41) is 8.38. The molecule has 0 saturated heterocycles. The van der Waals surface area contributed by atoms with Crippen molar-refractivity contribution in [1.29, 1.82) is 0 Å². The van der Waals surface area contributed by atoms with Gasteiger partial charge in [-0.15, -0.1) is 5.92 Å². The van der Waals surface area contributed by atoms with Crippen LogP contribution in [0.3, 0.4) is 0 Å². The second-order valence-corrected chi connectivity index (χ2v) is 2.10. The van der Waals surface area contributed by atoms with Crippen LogP contribution in [0.4, 0.5) is 0 Å². The second-order valence-electron chi connectivity index (χ2n) is 2.10. The number of rotatable bonds is 2. The van der Waals surface area contributed by atoms with E-state index in [4.69, 9.17) is 5.11 Å². The first kappa shape index (κ1) is 10.8. The summed E-state index contributed by atoms with van der Waals surface area (Å²) in [6, 6.07) is 0. The van der Waals surface area contributed by atoms with Gasteiger partial charge in [-0.25, -0.2) is 0 Å². The third kappa shape index (κ3) is 8.82. The first-order chi connectivity index (χ1) is 5.91. The van der Waals surface area contributed by atoms with Gasteiger partial charge in [-0.1, -0.05) is 36.8 Å². The molecule has 0 aromatic carbocycles. The molecule has 0 aliphatic rings. The van der Waals surface area contributed by atoms with Crippen LogP contribution in [0.15, 0.2) is 12.2 Å². The molecule has 0 rings (SSSR count). The van der Waals surface area contributed by atoms with E-state index in [1.807, 2.05) is 13.0 Å². The lowest BCUT2D eigenvalue weighted by Gasteiger charge is -1.76. The molecule has 0 aliphatic carbocycles. The lowest BCUT2D eigenvalue weighted by atomic mass is 10.3. The van der Waals surface area contributed by atoms with E-state index in [1.165, 1.54) is 0 Å². The van der Waals surface area contributed by atoms with E-state index < -0.39 is 0 Å². The largest absolute Gasteiger partial charge is 0.392 e. The summed E-state index contributed by atoms with van der Waals surface area (Å²) < 4.78 is 0. The normalized spacial score (nSPS) is 8.50. The van der Waals surface area contributed by atoms with Gasteiger partial charge in [0, 0.05) is 12.8 Å². The van der Waals surface area contributed by atoms with Crippen LogP contribution in [0, 0.1) is 23.7 Å². The van der Waals surface area contributed by atoms with Crippen LogP contribution in [0.5, 0.6) is 0 Å². The summed E-state index contributed by atoms with van der Waals surface area (Å²) >= 11 is 0. The van der Waals surface area contributed by atoms with Crippen molar-refractivity contribution < 1.29 is 5.11 Å². The third-order valence-electron chi connectivity index (χ3n) is 1.10. The highest BCUT2D eigenvalue weighted by Crippen LogP contribution is 1.80. The van der Waals surface area contributed by atoms with Gasteiger partial charge in [-0.3, -0.25) is 0 Å². The maximum absolute atomic E-state index is 8.38. The van der Waals surface area contributed by atoms with Crippen molar-refractivity contribution >= 4 is 0 Å². The maximum atomic E-state index is 8.38. The first-order valence-electron chi connectivity index (χ1n) is 4.09. The fourth-order valence-electron chi connectivity index (χ4n) is 0.583. The number of hydrogen-bond acceptors (Lipinski definition) is 1. The topological polar surface area (TPSA) is 20.2 Å². The molecule has 0 atom stereocenters. The molecule has 1 N–H and O–H groups in total. The minimum Gasteiger partial charge on any atom is -0.392 e. The predicted molar refractivity (Wildman–Crippen MR) is 51.3 cm³/mol. The summed E-state index contributed by atoms with van der Waals surface area (Å²) in [7, 11) is 0. The summed E-state index contributed by atoms with van der Waals surface area (Å²) in [6.45, 7) is 2.11. The maximum Gasteiger partial charge on any atom is 0.0702 e. The molecule has 0 aromatic rings. The van der Waals surface area contributed by atoms with Crippen LogP contribution >= 0.6 is 0 Å². The Morgan fingerprint density at radius 1 is 1.08 bits per heavy atom. The lowest BCUT2D eigenvalue weighted by molar-refractivity contribution is 0.342. The lowest BCUT2D eigenvalue weighted by Crippen LogP contribution is -1.69. The Kier molecular flexibility index (Phi) is 8.85. The van der Waals surface area contributed by atoms with E-state index in [2.05, 4.69) is 23.7 Å². The highest BCUT2D eigenvalue weighted by Gasteiger charge is 1.69. The van der Waals surface area contributed by atoms with Gasteiger partial charge >= 0.3 is 0 Å². The molecule has 64 valence electrons. The Bertz CT molecular complexity index is 229. The molecule has 0 aliphatic heterocycles. The molecular formula is C11H14O. The Labute approximate surface area is 74.5 Å². The van der Waals surface area contributed by atoms with Crippen LogP contribution in [-0.2, 0) is 0 Å². The van der Waals surface area contributed by atoms with E-state index in [1.54, 1.807) is 6.08 Å². The molecule has 0 unspecified atom stereocenters. The van der Waals surface area contributed by atoms with Crippen LogP contribution in [0.2, 0.25) is 0 Å². The molecule has 0 amide bonds. The average Bonchev–Trinajstić information content (AvgIpc) is 2.10. The fraction of sp³-hybridized carbons (Fsp3) is 0.455. The first-order valence-corrected chi connectivity index (χ1v) is 4.09. The second kappa shape index (κ2) is 9.82. The van der Waals surface area contributed by atoms with Gasteiger partial charge in [-0.05, 0) is 0 Å². The van der Waals surface area contributed by atoms with Gasteiger partial charge in [0.1, 0.15) is 0 Å². The van der Waals surface area contributed by atoms with Gasteiger partial charge in [0.25, 0.3) is 0 Å². The molecule has 0 radical (unpaired) electrons. The number of aliphatic hydroxyl groups is 1. The van der Waals surface area contributed by atoms with E-state index >= 15 is 0 Å². The summed E-state index contributed by atoms with van der Waals surface area (Å²) in [4.78, 5) is 0. The molecule has 0 aromatic heterocycles. The van der Waals surface area contributed by atoms with Crippen molar-refractivity contribution in [2.45, 2.75) is 26.2 Å². The molecule has 0 heterocycles. The highest BCUT2D eigenvalue weighted by molar-refractivity contribution is 5.12. The smallest absolute Gasteiger partial charge is 0.0702 e. The quantitative estimate of drug-likeness (QED) is 0.484. The predicted octanol–water partition coefficient (Wildman–Crippen LogP) is 1.73. The molecule has 0 saturated carbocycles. The van der Waals surface area contributed by atoms with Crippen LogP contribution in [-0.4, -0.2) is 11.7 Å². The van der Waals surface area contributed by atoms with E-state index in [-0.39, 0.29) is 6.61 Å². The molecule has 12 heavy (non-hydrogen) atoms. The molecule has 1 nitrogen and oxygen atoms in total. The minimum absolute atomic E-state index is 0.0946. The van der Waals surface area contributed by atoms with E-state index in [9.17, 15) is 0 Å². The number of hydrogen-bond donors (Lipinski definition) is 1. The van der Waals surface area contributed by atoms with Crippen LogP contribution in [0.1, 0.15) is 26.2 Å². The van der Waals surface area contributed by atoms with Crippen molar-refractivity contribution in [3.63, 3.8) is 0 Å². The number of allylic oxidation sites excluding steroid dienone is 1.